The molecule has 3 rings (SSSR count). The van der Waals surface area contributed by atoms with Gasteiger partial charge in [-0.1, -0.05) is 0 Å². The summed E-state index contributed by atoms with van der Waals surface area (Å²) < 4.78 is 4.95. The lowest BCUT2D eigenvalue weighted by molar-refractivity contribution is -0.133. The molecule has 0 aromatic carbocycles. The number of likely N-dealkylation sites (tertiary alicyclic amines) is 1. The Bertz CT molecular complexity index is 484. The quantitative estimate of drug-likeness (QED) is 0.674. The second-order valence-corrected chi connectivity index (χ2v) is 6.71. The molecule has 0 atom stereocenters. The summed E-state index contributed by atoms with van der Waals surface area (Å²) in [7, 11) is 1.55. The molecule has 128 valence electrons. The zero-order valence-corrected chi connectivity index (χ0v) is 13.7. The Balaban J connectivity index is 1.50. The highest BCUT2D eigenvalue weighted by molar-refractivity contribution is 6.02. The Morgan fingerprint density at radius 1 is 1.17 bits per heavy atom. The number of amides is 4. The van der Waals surface area contributed by atoms with E-state index < -0.39 is 0 Å². The van der Waals surface area contributed by atoms with Crippen LogP contribution < -0.4 is 0 Å². The standard InChI is InChI=1S/C16H25N3O4/c1-23-9-8-18-15(21)11-19(16(18)22)13-4-6-17(7-5-13)14(20)10-12-2-3-12/h12-13H,2-11H2,1H3. The fourth-order valence-corrected chi connectivity index (χ4v) is 3.37. The molecule has 4 amide bonds. The number of urea groups is 1. The predicted molar refractivity (Wildman–Crippen MR) is 82.6 cm³/mol. The molecule has 1 aliphatic carbocycles. The Morgan fingerprint density at radius 2 is 1.87 bits per heavy atom. The Labute approximate surface area is 136 Å². The number of carbonyl (C=O) groups is 3. The Hall–Kier alpha value is -1.63. The molecule has 7 nitrogen and oxygen atoms in total. The van der Waals surface area contributed by atoms with Gasteiger partial charge in [0, 0.05) is 32.7 Å². The van der Waals surface area contributed by atoms with Gasteiger partial charge in [0.1, 0.15) is 6.54 Å². The van der Waals surface area contributed by atoms with E-state index in [1.807, 2.05) is 4.90 Å². The van der Waals surface area contributed by atoms with Crippen molar-refractivity contribution in [2.75, 3.05) is 39.9 Å². The molecule has 0 radical (unpaired) electrons. The van der Waals surface area contributed by atoms with E-state index in [1.54, 1.807) is 12.0 Å². The third-order valence-electron chi connectivity index (χ3n) is 5.02. The van der Waals surface area contributed by atoms with Crippen molar-refractivity contribution in [3.63, 3.8) is 0 Å². The van der Waals surface area contributed by atoms with Crippen molar-refractivity contribution in [1.29, 1.82) is 0 Å². The van der Waals surface area contributed by atoms with E-state index in [1.165, 1.54) is 17.7 Å². The van der Waals surface area contributed by atoms with Gasteiger partial charge in [0.2, 0.25) is 11.8 Å². The fourth-order valence-electron chi connectivity index (χ4n) is 3.37. The first-order chi connectivity index (χ1) is 11.1. The second kappa shape index (κ2) is 6.86. The van der Waals surface area contributed by atoms with Crippen LogP contribution in [0.25, 0.3) is 0 Å². The van der Waals surface area contributed by atoms with Crippen molar-refractivity contribution >= 4 is 17.8 Å². The maximum Gasteiger partial charge on any atom is 0.327 e. The Morgan fingerprint density at radius 3 is 2.48 bits per heavy atom. The second-order valence-electron chi connectivity index (χ2n) is 6.71. The van der Waals surface area contributed by atoms with E-state index in [0.717, 1.165) is 12.8 Å². The van der Waals surface area contributed by atoms with Crippen molar-refractivity contribution in [3.8, 4) is 0 Å². The van der Waals surface area contributed by atoms with Gasteiger partial charge in [-0.05, 0) is 31.6 Å². The lowest BCUT2D eigenvalue weighted by atomic mass is 10.0. The molecule has 2 saturated heterocycles. The van der Waals surface area contributed by atoms with Gasteiger partial charge < -0.3 is 14.5 Å². The minimum atomic E-state index is -0.213. The first-order valence-electron chi connectivity index (χ1n) is 8.48. The minimum absolute atomic E-state index is 0.0592. The van der Waals surface area contributed by atoms with Crippen LogP contribution in [0.1, 0.15) is 32.1 Å². The van der Waals surface area contributed by atoms with Crippen LogP contribution in [0.4, 0.5) is 4.79 Å². The molecular formula is C16H25N3O4. The fraction of sp³-hybridized carbons (Fsp3) is 0.812. The summed E-state index contributed by atoms with van der Waals surface area (Å²) >= 11 is 0. The molecule has 0 aromatic rings. The van der Waals surface area contributed by atoms with Crippen molar-refractivity contribution < 1.29 is 19.1 Å². The highest BCUT2D eigenvalue weighted by Crippen LogP contribution is 2.33. The molecular weight excluding hydrogens is 298 g/mol. The zero-order chi connectivity index (χ0) is 16.4. The van der Waals surface area contributed by atoms with Crippen LogP contribution in [0.2, 0.25) is 0 Å². The molecule has 0 unspecified atom stereocenters. The monoisotopic (exact) mass is 323 g/mol. The van der Waals surface area contributed by atoms with Gasteiger partial charge in [0.05, 0.1) is 13.2 Å². The highest BCUT2D eigenvalue weighted by atomic mass is 16.5. The van der Waals surface area contributed by atoms with E-state index in [2.05, 4.69) is 0 Å². The van der Waals surface area contributed by atoms with Gasteiger partial charge in [-0.2, -0.15) is 0 Å². The maximum atomic E-state index is 12.4. The Kier molecular flexibility index (Phi) is 4.84. The van der Waals surface area contributed by atoms with Gasteiger partial charge in [-0.15, -0.1) is 0 Å². The lowest BCUT2D eigenvalue weighted by Gasteiger charge is -2.36. The van der Waals surface area contributed by atoms with Crippen molar-refractivity contribution in [1.82, 2.24) is 14.7 Å². The van der Waals surface area contributed by atoms with Crippen LogP contribution >= 0.6 is 0 Å². The minimum Gasteiger partial charge on any atom is -0.383 e. The molecule has 2 heterocycles. The lowest BCUT2D eigenvalue weighted by Crippen LogP contribution is -2.48. The average molecular weight is 323 g/mol. The van der Waals surface area contributed by atoms with E-state index in [-0.39, 0.29) is 30.4 Å². The summed E-state index contributed by atoms with van der Waals surface area (Å²) in [4.78, 5) is 41.4. The van der Waals surface area contributed by atoms with Gasteiger partial charge in [0.25, 0.3) is 0 Å². The zero-order valence-electron chi connectivity index (χ0n) is 13.7. The van der Waals surface area contributed by atoms with E-state index in [9.17, 15) is 14.4 Å². The van der Waals surface area contributed by atoms with Gasteiger partial charge in [0.15, 0.2) is 0 Å². The molecule has 7 heteroatoms. The van der Waals surface area contributed by atoms with Crippen LogP contribution in [0, 0.1) is 5.92 Å². The van der Waals surface area contributed by atoms with E-state index >= 15 is 0 Å². The maximum absolute atomic E-state index is 12.4. The SMILES string of the molecule is COCCN1C(=O)CN(C2CCN(C(=O)CC3CC3)CC2)C1=O. The number of methoxy groups -OCH3 is 1. The molecule has 0 spiro atoms. The van der Waals surface area contributed by atoms with Crippen LogP contribution in [0.15, 0.2) is 0 Å². The molecule has 2 aliphatic heterocycles. The molecule has 1 saturated carbocycles. The number of rotatable bonds is 6. The van der Waals surface area contributed by atoms with Gasteiger partial charge in [-0.25, -0.2) is 4.79 Å². The predicted octanol–water partition coefficient (Wildman–Crippen LogP) is 0.688. The first kappa shape index (κ1) is 16.2. The molecule has 23 heavy (non-hydrogen) atoms. The number of nitrogens with zero attached hydrogens (tertiary/aromatic N) is 3. The highest BCUT2D eigenvalue weighted by Gasteiger charge is 2.40. The number of hydrogen-bond donors (Lipinski definition) is 0. The number of hydrogen-bond acceptors (Lipinski definition) is 4. The van der Waals surface area contributed by atoms with Crippen molar-refractivity contribution in [2.45, 2.75) is 38.1 Å². The number of piperidine rings is 1. The molecule has 3 fully saturated rings. The average Bonchev–Trinajstić information content (AvgIpc) is 3.32. The van der Waals surface area contributed by atoms with Crippen LogP contribution in [-0.2, 0) is 14.3 Å². The first-order valence-corrected chi connectivity index (χ1v) is 8.48. The third kappa shape index (κ3) is 3.65. The largest absolute Gasteiger partial charge is 0.383 e. The number of carbonyl (C=O) groups excluding carboxylic acids is 3. The topological polar surface area (TPSA) is 70.2 Å². The van der Waals surface area contributed by atoms with Crippen molar-refractivity contribution in [2.24, 2.45) is 5.92 Å². The smallest absolute Gasteiger partial charge is 0.327 e. The third-order valence-corrected chi connectivity index (χ3v) is 5.02. The van der Waals surface area contributed by atoms with E-state index in [4.69, 9.17) is 4.74 Å². The van der Waals surface area contributed by atoms with E-state index in [0.29, 0.717) is 38.6 Å². The van der Waals surface area contributed by atoms with Crippen LogP contribution in [-0.4, -0.2) is 78.5 Å². The summed E-state index contributed by atoms with van der Waals surface area (Å²) in [5.41, 5.74) is 0. The molecule has 3 aliphatic rings. The van der Waals surface area contributed by atoms with Crippen molar-refractivity contribution in [3.05, 3.63) is 0 Å². The molecule has 0 bridgehead atoms. The molecule has 0 N–H and O–H groups in total. The summed E-state index contributed by atoms with van der Waals surface area (Å²) in [6, 6.07) is -0.154. The summed E-state index contributed by atoms with van der Waals surface area (Å²) in [5.74, 6) is 0.697. The van der Waals surface area contributed by atoms with Gasteiger partial charge in [-0.3, -0.25) is 14.5 Å². The summed E-state index contributed by atoms with van der Waals surface area (Å²) in [6.07, 6.45) is 4.56. The number of imide groups is 1. The number of ether oxygens (including phenoxy) is 1. The van der Waals surface area contributed by atoms with Gasteiger partial charge >= 0.3 is 6.03 Å². The van der Waals surface area contributed by atoms with Crippen LogP contribution in [0.5, 0.6) is 0 Å². The summed E-state index contributed by atoms with van der Waals surface area (Å²) in [5, 5.41) is 0. The summed E-state index contributed by atoms with van der Waals surface area (Å²) in [6.45, 7) is 2.20. The molecule has 0 aromatic heterocycles. The normalized spacial score (nSPS) is 23.1. The van der Waals surface area contributed by atoms with Crippen LogP contribution in [0.3, 0.4) is 0 Å².